The first-order valence-corrected chi connectivity index (χ1v) is 10.6. The zero-order valence-electron chi connectivity index (χ0n) is 17.1. The summed E-state index contributed by atoms with van der Waals surface area (Å²) in [5.74, 6) is 0.295. The number of aryl methyl sites for hydroxylation is 1. The predicted octanol–water partition coefficient (Wildman–Crippen LogP) is 3.05. The molecule has 0 radical (unpaired) electrons. The second-order valence-corrected chi connectivity index (χ2v) is 8.39. The third kappa shape index (κ3) is 3.94. The number of halogens is 2. The Labute approximate surface area is 195 Å². The number of fused-ring (bicyclic) bond motifs is 1. The Morgan fingerprint density at radius 3 is 2.69 bits per heavy atom. The zero-order valence-corrected chi connectivity index (χ0v) is 19.4. The number of hydrogen-bond donors (Lipinski definition) is 2. The maximum absolute atomic E-state index is 12.9. The fourth-order valence-corrected chi connectivity index (χ4v) is 3.85. The van der Waals surface area contributed by atoms with Crippen LogP contribution in [-0.2, 0) is 20.6 Å². The molecule has 0 fully saturated rings. The standard InChI is InChI=1S/C21H18BrClN6O3/c1-27-18-17(19(31)28(2)21(27)32)29(11-12-5-3-4-6-15(12)23)20(25-18)26-24-10-13-9-14(22)7-8-16(13)30/h3-10,30H,11H2,1-2H3,(H,25,26)/b24-10+. The van der Waals surface area contributed by atoms with Gasteiger partial charge in [-0.05, 0) is 29.8 Å². The molecule has 0 aliphatic carbocycles. The molecule has 4 aromatic rings. The molecule has 11 heteroatoms. The minimum Gasteiger partial charge on any atom is -0.507 e. The lowest BCUT2D eigenvalue weighted by Crippen LogP contribution is -2.37. The molecular formula is C21H18BrClN6O3. The van der Waals surface area contributed by atoms with Crippen LogP contribution in [0.5, 0.6) is 5.75 Å². The average Bonchev–Trinajstić information content (AvgIpc) is 3.13. The first kappa shape index (κ1) is 21.8. The van der Waals surface area contributed by atoms with E-state index in [0.717, 1.165) is 14.6 Å². The second-order valence-electron chi connectivity index (χ2n) is 7.06. The van der Waals surface area contributed by atoms with Crippen LogP contribution in [0.2, 0.25) is 5.02 Å². The Morgan fingerprint density at radius 2 is 1.94 bits per heavy atom. The van der Waals surface area contributed by atoms with E-state index in [1.54, 1.807) is 29.8 Å². The molecule has 9 nitrogen and oxygen atoms in total. The Bertz CT molecular complexity index is 1490. The van der Waals surface area contributed by atoms with E-state index in [1.165, 1.54) is 23.9 Å². The molecule has 0 saturated heterocycles. The van der Waals surface area contributed by atoms with Gasteiger partial charge in [0.2, 0.25) is 5.95 Å². The number of aromatic nitrogens is 4. The van der Waals surface area contributed by atoms with Gasteiger partial charge < -0.3 is 5.11 Å². The topological polar surface area (TPSA) is 106 Å². The van der Waals surface area contributed by atoms with Crippen LogP contribution in [0.4, 0.5) is 5.95 Å². The summed E-state index contributed by atoms with van der Waals surface area (Å²) in [5, 5.41) is 14.7. The molecule has 0 atom stereocenters. The van der Waals surface area contributed by atoms with E-state index < -0.39 is 11.2 Å². The van der Waals surface area contributed by atoms with Crippen LogP contribution in [0.3, 0.4) is 0 Å². The van der Waals surface area contributed by atoms with E-state index >= 15 is 0 Å². The van der Waals surface area contributed by atoms with Crippen LogP contribution in [0.15, 0.2) is 61.6 Å². The van der Waals surface area contributed by atoms with E-state index in [2.05, 4.69) is 31.4 Å². The van der Waals surface area contributed by atoms with Gasteiger partial charge in [-0.3, -0.25) is 18.5 Å². The molecule has 0 amide bonds. The molecule has 0 saturated carbocycles. The van der Waals surface area contributed by atoms with Crippen LogP contribution >= 0.6 is 27.5 Å². The lowest BCUT2D eigenvalue weighted by molar-refractivity contribution is 0.474. The Balaban J connectivity index is 1.85. The van der Waals surface area contributed by atoms with E-state index in [9.17, 15) is 14.7 Å². The molecule has 0 aliphatic heterocycles. The number of anilines is 1. The zero-order chi connectivity index (χ0) is 23.0. The van der Waals surface area contributed by atoms with Crippen LogP contribution in [0.25, 0.3) is 11.2 Å². The van der Waals surface area contributed by atoms with Gasteiger partial charge in [0.15, 0.2) is 11.2 Å². The largest absolute Gasteiger partial charge is 0.507 e. The quantitative estimate of drug-likeness (QED) is 0.313. The minimum absolute atomic E-state index is 0.0552. The Hall–Kier alpha value is -3.37. The Morgan fingerprint density at radius 1 is 1.19 bits per heavy atom. The number of hydrazone groups is 1. The number of imidazole rings is 1. The Kier molecular flexibility index (Phi) is 5.90. The van der Waals surface area contributed by atoms with Crippen molar-refractivity contribution in [1.29, 1.82) is 0 Å². The fraction of sp³-hybridized carbons (Fsp3) is 0.143. The molecule has 32 heavy (non-hydrogen) atoms. The highest BCUT2D eigenvalue weighted by molar-refractivity contribution is 9.10. The van der Waals surface area contributed by atoms with Crippen molar-refractivity contribution in [3.63, 3.8) is 0 Å². The molecule has 2 N–H and O–H groups in total. The van der Waals surface area contributed by atoms with Crippen molar-refractivity contribution >= 4 is 50.9 Å². The molecule has 4 rings (SSSR count). The molecule has 0 spiro atoms. The van der Waals surface area contributed by atoms with Gasteiger partial charge in [-0.25, -0.2) is 10.2 Å². The molecular weight excluding hydrogens is 500 g/mol. The second kappa shape index (κ2) is 8.64. The first-order valence-electron chi connectivity index (χ1n) is 9.45. The maximum Gasteiger partial charge on any atom is 0.332 e. The summed E-state index contributed by atoms with van der Waals surface area (Å²) >= 11 is 9.68. The smallest absolute Gasteiger partial charge is 0.332 e. The SMILES string of the molecule is Cn1c(=O)c2c(nc(N/N=C/c3cc(Br)ccc3O)n2Cc2ccccc2Cl)n(C)c1=O. The van der Waals surface area contributed by atoms with Crippen molar-refractivity contribution in [3.05, 3.63) is 83.9 Å². The normalized spacial score (nSPS) is 11.5. The number of nitrogens with zero attached hydrogens (tertiary/aromatic N) is 5. The third-order valence-corrected chi connectivity index (χ3v) is 5.85. The van der Waals surface area contributed by atoms with Crippen molar-refractivity contribution in [2.24, 2.45) is 19.2 Å². The van der Waals surface area contributed by atoms with Gasteiger partial charge in [-0.1, -0.05) is 45.7 Å². The predicted molar refractivity (Wildman–Crippen MR) is 128 cm³/mol. The van der Waals surface area contributed by atoms with Crippen molar-refractivity contribution in [2.45, 2.75) is 6.54 Å². The van der Waals surface area contributed by atoms with Crippen molar-refractivity contribution in [3.8, 4) is 5.75 Å². The number of phenols is 1. The first-order chi connectivity index (χ1) is 15.3. The minimum atomic E-state index is -0.487. The summed E-state index contributed by atoms with van der Waals surface area (Å²) in [6.07, 6.45) is 1.43. The van der Waals surface area contributed by atoms with Gasteiger partial charge in [-0.2, -0.15) is 10.1 Å². The molecule has 2 aromatic heterocycles. The van der Waals surface area contributed by atoms with Crippen LogP contribution in [-0.4, -0.2) is 30.0 Å². The van der Waals surface area contributed by atoms with E-state index in [4.69, 9.17) is 11.6 Å². The summed E-state index contributed by atoms with van der Waals surface area (Å²) < 4.78 is 4.73. The number of rotatable bonds is 5. The van der Waals surface area contributed by atoms with Gasteiger partial charge in [0.1, 0.15) is 5.75 Å². The van der Waals surface area contributed by atoms with E-state index in [0.29, 0.717) is 10.6 Å². The highest BCUT2D eigenvalue weighted by atomic mass is 79.9. The van der Waals surface area contributed by atoms with E-state index in [-0.39, 0.29) is 29.4 Å². The lowest BCUT2D eigenvalue weighted by atomic mass is 10.2. The fourth-order valence-electron chi connectivity index (χ4n) is 3.27. The number of benzene rings is 2. The van der Waals surface area contributed by atoms with Gasteiger partial charge >= 0.3 is 5.69 Å². The summed E-state index contributed by atoms with van der Waals surface area (Å²) in [6.45, 7) is 0.226. The van der Waals surface area contributed by atoms with Gasteiger partial charge in [0.05, 0.1) is 12.8 Å². The summed E-state index contributed by atoms with van der Waals surface area (Å²) in [6, 6.07) is 12.2. The molecule has 0 aliphatic rings. The van der Waals surface area contributed by atoms with Crippen LogP contribution in [0, 0.1) is 0 Å². The highest BCUT2D eigenvalue weighted by Crippen LogP contribution is 2.23. The monoisotopic (exact) mass is 516 g/mol. The number of aromatic hydroxyl groups is 1. The maximum atomic E-state index is 12.9. The average molecular weight is 518 g/mol. The van der Waals surface area contributed by atoms with Gasteiger partial charge in [0.25, 0.3) is 5.56 Å². The number of phenolic OH excluding ortho intramolecular Hbond substituents is 1. The van der Waals surface area contributed by atoms with Crippen LogP contribution in [0.1, 0.15) is 11.1 Å². The van der Waals surface area contributed by atoms with E-state index in [1.807, 2.05) is 18.2 Å². The van der Waals surface area contributed by atoms with Crippen molar-refractivity contribution in [1.82, 2.24) is 18.7 Å². The molecule has 0 bridgehead atoms. The number of nitrogens with one attached hydrogen (secondary N) is 1. The van der Waals surface area contributed by atoms with Crippen molar-refractivity contribution < 1.29 is 5.11 Å². The summed E-state index contributed by atoms with van der Waals surface area (Å²) in [5.41, 5.74) is 3.54. The van der Waals surface area contributed by atoms with Crippen LogP contribution < -0.4 is 16.7 Å². The van der Waals surface area contributed by atoms with Gasteiger partial charge in [-0.15, -0.1) is 0 Å². The summed E-state index contributed by atoms with van der Waals surface area (Å²) in [4.78, 5) is 29.8. The lowest BCUT2D eigenvalue weighted by Gasteiger charge is -2.10. The molecule has 2 heterocycles. The number of hydrogen-bond acceptors (Lipinski definition) is 6. The summed E-state index contributed by atoms with van der Waals surface area (Å²) in [7, 11) is 2.96. The van der Waals surface area contributed by atoms with Gasteiger partial charge in [0, 0.05) is 29.2 Å². The molecule has 0 unspecified atom stereocenters. The third-order valence-electron chi connectivity index (χ3n) is 4.99. The molecule has 2 aromatic carbocycles. The highest BCUT2D eigenvalue weighted by Gasteiger charge is 2.19. The molecule has 164 valence electrons. The van der Waals surface area contributed by atoms with Crippen molar-refractivity contribution in [2.75, 3.05) is 5.43 Å².